The maximum atomic E-state index is 13.9. The van der Waals surface area contributed by atoms with E-state index in [0.717, 1.165) is 61.6 Å². The predicted molar refractivity (Wildman–Crippen MR) is 114 cm³/mol. The van der Waals surface area contributed by atoms with Crippen LogP contribution in [0.3, 0.4) is 0 Å². The van der Waals surface area contributed by atoms with Crippen molar-refractivity contribution in [2.24, 2.45) is 23.2 Å². The van der Waals surface area contributed by atoms with Crippen LogP contribution in [0.2, 0.25) is 0 Å². The van der Waals surface area contributed by atoms with E-state index in [1.165, 1.54) is 19.3 Å². The molecule has 168 valence electrons. The van der Waals surface area contributed by atoms with Crippen LogP contribution < -0.4 is 0 Å². The molecule has 31 heavy (non-hydrogen) atoms. The Morgan fingerprint density at radius 1 is 1.03 bits per heavy atom. The maximum absolute atomic E-state index is 13.9. The van der Waals surface area contributed by atoms with Crippen molar-refractivity contribution in [2.75, 3.05) is 32.8 Å². The molecular formula is C24H34N4O3. The summed E-state index contributed by atoms with van der Waals surface area (Å²) in [6, 6.07) is -0.0264. The molecule has 1 aromatic rings. The average molecular weight is 427 g/mol. The molecular weight excluding hydrogens is 392 g/mol. The lowest BCUT2D eigenvalue weighted by Gasteiger charge is -2.57. The number of aromatic nitrogens is 2. The lowest BCUT2D eigenvalue weighted by molar-refractivity contribution is -0.161. The van der Waals surface area contributed by atoms with E-state index < -0.39 is 0 Å². The highest BCUT2D eigenvalue weighted by Gasteiger charge is 2.56. The van der Waals surface area contributed by atoms with Crippen molar-refractivity contribution in [3.05, 3.63) is 17.7 Å². The monoisotopic (exact) mass is 426 g/mol. The summed E-state index contributed by atoms with van der Waals surface area (Å²) in [5.74, 6) is 3.77. The van der Waals surface area contributed by atoms with Gasteiger partial charge in [0.05, 0.1) is 36.8 Å². The molecule has 5 fully saturated rings. The number of morpholine rings is 1. The summed E-state index contributed by atoms with van der Waals surface area (Å²) in [5, 5.41) is 0. The zero-order chi connectivity index (χ0) is 21.2. The molecule has 0 radical (unpaired) electrons. The largest absolute Gasteiger partial charge is 0.378 e. The number of ether oxygens (including phenoxy) is 1. The average Bonchev–Trinajstić information content (AvgIpc) is 3.17. The number of fused-ring (bicyclic) bond motifs is 1. The third kappa shape index (κ3) is 3.31. The second-order valence-electron chi connectivity index (χ2n) is 10.8. The Kier molecular flexibility index (Phi) is 4.67. The Bertz CT molecular complexity index is 852. The van der Waals surface area contributed by atoms with Gasteiger partial charge in [0, 0.05) is 32.4 Å². The van der Waals surface area contributed by atoms with Crippen molar-refractivity contribution in [1.82, 2.24) is 19.4 Å². The van der Waals surface area contributed by atoms with Crippen LogP contribution in [0, 0.1) is 23.2 Å². The van der Waals surface area contributed by atoms with Gasteiger partial charge >= 0.3 is 0 Å². The molecule has 0 spiro atoms. The Hall–Kier alpha value is -1.89. The highest BCUT2D eigenvalue weighted by Crippen LogP contribution is 2.61. The fourth-order valence-corrected chi connectivity index (χ4v) is 7.67. The van der Waals surface area contributed by atoms with Crippen molar-refractivity contribution in [2.45, 2.75) is 64.5 Å². The molecule has 4 aliphatic carbocycles. The Balaban J connectivity index is 1.18. The number of rotatable bonds is 3. The summed E-state index contributed by atoms with van der Waals surface area (Å²) in [4.78, 5) is 35.3. The molecule has 1 unspecified atom stereocenters. The minimum absolute atomic E-state index is 0.0264. The Morgan fingerprint density at radius 2 is 1.68 bits per heavy atom. The smallest absolute Gasteiger partial charge is 0.229 e. The standard InChI is InChI=1S/C24H34N4O3/c1-16-22-25-20(11-21(29)26-4-6-31-7-5-26)15-27(22)2-3-28(16)23(30)24-12-17-8-18(13-24)10-19(9-17)14-24/h15-19H,2-14H2,1H3. The summed E-state index contributed by atoms with van der Waals surface area (Å²) in [7, 11) is 0. The molecule has 1 saturated heterocycles. The Morgan fingerprint density at radius 3 is 2.32 bits per heavy atom. The minimum Gasteiger partial charge on any atom is -0.378 e. The van der Waals surface area contributed by atoms with E-state index in [-0.39, 0.29) is 17.4 Å². The third-order valence-electron chi connectivity index (χ3n) is 8.73. The van der Waals surface area contributed by atoms with Gasteiger partial charge in [0.2, 0.25) is 11.8 Å². The summed E-state index contributed by atoms with van der Waals surface area (Å²) in [5.41, 5.74) is 0.717. The molecule has 7 rings (SSSR count). The van der Waals surface area contributed by atoms with E-state index in [4.69, 9.17) is 9.72 Å². The van der Waals surface area contributed by atoms with E-state index in [9.17, 15) is 9.59 Å². The number of nitrogens with zero attached hydrogens (tertiary/aromatic N) is 4. The molecule has 2 amide bonds. The van der Waals surface area contributed by atoms with Gasteiger partial charge in [-0.15, -0.1) is 0 Å². The van der Waals surface area contributed by atoms with Crippen molar-refractivity contribution in [1.29, 1.82) is 0 Å². The first-order valence-corrected chi connectivity index (χ1v) is 12.2. The fraction of sp³-hybridized carbons (Fsp3) is 0.792. The van der Waals surface area contributed by atoms with Crippen LogP contribution in [-0.2, 0) is 27.3 Å². The first-order valence-electron chi connectivity index (χ1n) is 12.2. The van der Waals surface area contributed by atoms with E-state index in [1.807, 2.05) is 11.1 Å². The van der Waals surface area contributed by atoms with E-state index in [0.29, 0.717) is 38.6 Å². The highest BCUT2D eigenvalue weighted by molar-refractivity contribution is 5.84. The van der Waals surface area contributed by atoms with Crippen LogP contribution in [0.1, 0.15) is 63.0 Å². The number of carbonyl (C=O) groups is 2. The van der Waals surface area contributed by atoms with Gasteiger partial charge in [-0.2, -0.15) is 0 Å². The molecule has 7 nitrogen and oxygen atoms in total. The van der Waals surface area contributed by atoms with Crippen molar-refractivity contribution in [3.8, 4) is 0 Å². The lowest BCUT2D eigenvalue weighted by Crippen LogP contribution is -2.56. The molecule has 0 aromatic carbocycles. The van der Waals surface area contributed by atoms with E-state index in [2.05, 4.69) is 16.4 Å². The topological polar surface area (TPSA) is 67.7 Å². The molecule has 4 saturated carbocycles. The summed E-state index contributed by atoms with van der Waals surface area (Å²) in [6.07, 6.45) is 9.73. The quantitative estimate of drug-likeness (QED) is 0.744. The Labute approximate surface area is 184 Å². The van der Waals surface area contributed by atoms with Crippen LogP contribution in [0.4, 0.5) is 0 Å². The molecule has 1 aromatic heterocycles. The second kappa shape index (κ2) is 7.32. The van der Waals surface area contributed by atoms with Crippen LogP contribution in [-0.4, -0.2) is 64.0 Å². The van der Waals surface area contributed by atoms with E-state index in [1.54, 1.807) is 0 Å². The highest BCUT2D eigenvalue weighted by atomic mass is 16.5. The lowest BCUT2D eigenvalue weighted by atomic mass is 9.49. The van der Waals surface area contributed by atoms with Gasteiger partial charge in [-0.1, -0.05) is 0 Å². The molecule has 1 atom stereocenters. The minimum atomic E-state index is -0.104. The molecule has 0 N–H and O–H groups in total. The number of hydrogen-bond acceptors (Lipinski definition) is 4. The summed E-state index contributed by atoms with van der Waals surface area (Å²) >= 11 is 0. The summed E-state index contributed by atoms with van der Waals surface area (Å²) < 4.78 is 7.51. The van der Waals surface area contributed by atoms with Crippen molar-refractivity contribution < 1.29 is 14.3 Å². The zero-order valence-electron chi connectivity index (χ0n) is 18.6. The van der Waals surface area contributed by atoms with Gasteiger partial charge in [-0.05, 0) is 63.2 Å². The van der Waals surface area contributed by atoms with Gasteiger partial charge in [-0.3, -0.25) is 9.59 Å². The van der Waals surface area contributed by atoms with Crippen LogP contribution in [0.15, 0.2) is 6.20 Å². The molecule has 7 heteroatoms. The van der Waals surface area contributed by atoms with Gasteiger partial charge in [0.25, 0.3) is 0 Å². The van der Waals surface area contributed by atoms with Crippen LogP contribution in [0.25, 0.3) is 0 Å². The van der Waals surface area contributed by atoms with Gasteiger partial charge in [0.1, 0.15) is 5.82 Å². The number of amides is 2. The summed E-state index contributed by atoms with van der Waals surface area (Å²) in [6.45, 7) is 6.20. The van der Waals surface area contributed by atoms with Crippen LogP contribution in [0.5, 0.6) is 0 Å². The fourth-order valence-electron chi connectivity index (χ4n) is 7.67. The predicted octanol–water partition coefficient (Wildman–Crippen LogP) is 2.40. The number of imidazole rings is 1. The van der Waals surface area contributed by atoms with Gasteiger partial charge < -0.3 is 19.1 Å². The van der Waals surface area contributed by atoms with Crippen LogP contribution >= 0.6 is 0 Å². The van der Waals surface area contributed by atoms with Gasteiger partial charge in [0.15, 0.2) is 0 Å². The number of hydrogen-bond donors (Lipinski definition) is 0. The molecule has 6 aliphatic rings. The van der Waals surface area contributed by atoms with Crippen molar-refractivity contribution in [3.63, 3.8) is 0 Å². The second-order valence-corrected chi connectivity index (χ2v) is 10.8. The zero-order valence-corrected chi connectivity index (χ0v) is 18.6. The van der Waals surface area contributed by atoms with Gasteiger partial charge in [-0.25, -0.2) is 4.98 Å². The first-order chi connectivity index (χ1) is 15.0. The number of carbonyl (C=O) groups excluding carboxylic acids is 2. The molecule has 2 aliphatic heterocycles. The third-order valence-corrected chi connectivity index (χ3v) is 8.73. The maximum Gasteiger partial charge on any atom is 0.229 e. The first kappa shape index (κ1) is 19.8. The normalized spacial score (nSPS) is 36.5. The van der Waals surface area contributed by atoms with Crippen molar-refractivity contribution >= 4 is 11.8 Å². The SMILES string of the molecule is CC1c2nc(CC(=O)N3CCOCC3)cn2CCN1C(=O)C12CC3CC(CC(C3)C1)C2. The van der Waals surface area contributed by atoms with E-state index >= 15 is 0 Å². The molecule has 4 bridgehead atoms. The molecule has 3 heterocycles.